The maximum absolute atomic E-state index is 11.6. The van der Waals surface area contributed by atoms with Crippen LogP contribution in [0.15, 0.2) is 12.2 Å². The number of allylic oxidation sites excluding steroid dienone is 2. The van der Waals surface area contributed by atoms with Crippen LogP contribution in [0.5, 0.6) is 0 Å². The van der Waals surface area contributed by atoms with Crippen LogP contribution in [0, 0.1) is 23.2 Å². The van der Waals surface area contributed by atoms with Gasteiger partial charge in [0.2, 0.25) is 0 Å². The highest BCUT2D eigenvalue weighted by molar-refractivity contribution is 5.98. The molecule has 0 aromatic carbocycles. The Bertz CT molecular complexity index is 417. The highest BCUT2D eigenvalue weighted by Gasteiger charge is 2.45. The van der Waals surface area contributed by atoms with E-state index in [-0.39, 0.29) is 12.8 Å². The Morgan fingerprint density at radius 2 is 1.58 bits per heavy atom. The van der Waals surface area contributed by atoms with Gasteiger partial charge in [-0.05, 0) is 43.4 Å². The van der Waals surface area contributed by atoms with Crippen LogP contribution in [-0.4, -0.2) is 22.2 Å². The number of carbonyl (C=O) groups is 2. The van der Waals surface area contributed by atoms with Crippen LogP contribution in [0.1, 0.15) is 78.6 Å². The summed E-state index contributed by atoms with van der Waals surface area (Å²) in [6.45, 7) is 6.55. The molecule has 0 aromatic heterocycles. The second-order valence-corrected chi connectivity index (χ2v) is 7.58. The number of hydrogen-bond donors (Lipinski definition) is 2. The predicted molar refractivity (Wildman–Crippen MR) is 95.9 cm³/mol. The second kappa shape index (κ2) is 9.85. The quantitative estimate of drug-likeness (QED) is 0.329. The van der Waals surface area contributed by atoms with Crippen molar-refractivity contribution in [2.24, 2.45) is 23.2 Å². The molecule has 4 heteroatoms. The Kier molecular flexibility index (Phi) is 8.51. The van der Waals surface area contributed by atoms with Crippen molar-refractivity contribution in [2.45, 2.75) is 78.6 Å². The number of aliphatic carboxylic acids is 2. The fraction of sp³-hybridized carbons (Fsp3) is 0.800. The first kappa shape index (κ1) is 20.7. The summed E-state index contributed by atoms with van der Waals surface area (Å²) in [5.41, 5.74) is -1.62. The molecule has 1 rings (SSSR count). The molecule has 1 saturated carbocycles. The molecule has 0 saturated heterocycles. The summed E-state index contributed by atoms with van der Waals surface area (Å²) in [6, 6.07) is 0. The third-order valence-electron chi connectivity index (χ3n) is 5.74. The lowest BCUT2D eigenvalue weighted by Crippen LogP contribution is -2.39. The molecule has 4 nitrogen and oxygen atoms in total. The average Bonchev–Trinajstić information content (AvgIpc) is 2.51. The molecular weight excluding hydrogens is 304 g/mol. The molecule has 2 unspecified atom stereocenters. The van der Waals surface area contributed by atoms with E-state index in [2.05, 4.69) is 26.0 Å². The summed E-state index contributed by atoms with van der Waals surface area (Å²) >= 11 is 0. The number of rotatable bonds is 10. The van der Waals surface area contributed by atoms with Gasteiger partial charge in [-0.25, -0.2) is 0 Å². The van der Waals surface area contributed by atoms with Gasteiger partial charge in [-0.1, -0.05) is 65.0 Å². The van der Waals surface area contributed by atoms with E-state index >= 15 is 0 Å². The van der Waals surface area contributed by atoms with Crippen LogP contribution >= 0.6 is 0 Å². The number of hydrogen-bond acceptors (Lipinski definition) is 2. The van der Waals surface area contributed by atoms with Crippen molar-refractivity contribution in [3.8, 4) is 0 Å². The molecule has 1 aliphatic carbocycles. The van der Waals surface area contributed by atoms with Crippen molar-refractivity contribution in [1.29, 1.82) is 0 Å². The summed E-state index contributed by atoms with van der Waals surface area (Å²) in [6.07, 6.45) is 11.5. The zero-order valence-corrected chi connectivity index (χ0v) is 15.5. The minimum Gasteiger partial charge on any atom is -0.480 e. The first-order valence-corrected chi connectivity index (χ1v) is 9.48. The molecule has 2 N–H and O–H groups in total. The van der Waals surface area contributed by atoms with Gasteiger partial charge in [0.1, 0.15) is 0 Å². The molecule has 1 aliphatic rings. The van der Waals surface area contributed by atoms with Crippen LogP contribution in [0.3, 0.4) is 0 Å². The molecule has 0 amide bonds. The normalized spacial score (nSPS) is 25.0. The van der Waals surface area contributed by atoms with Crippen molar-refractivity contribution in [3.05, 3.63) is 12.2 Å². The molecule has 2 atom stereocenters. The average molecular weight is 338 g/mol. The molecule has 0 radical (unpaired) electrons. The van der Waals surface area contributed by atoms with E-state index in [1.807, 2.05) is 6.92 Å². The first-order valence-electron chi connectivity index (χ1n) is 9.48. The van der Waals surface area contributed by atoms with Crippen LogP contribution in [0.4, 0.5) is 0 Å². The van der Waals surface area contributed by atoms with Crippen molar-refractivity contribution in [3.63, 3.8) is 0 Å². The van der Waals surface area contributed by atoms with Gasteiger partial charge in [-0.15, -0.1) is 0 Å². The van der Waals surface area contributed by atoms with Crippen LogP contribution in [0.25, 0.3) is 0 Å². The first-order chi connectivity index (χ1) is 11.3. The van der Waals surface area contributed by atoms with Crippen molar-refractivity contribution in [2.75, 3.05) is 0 Å². The Balaban J connectivity index is 2.57. The Labute approximate surface area is 146 Å². The lowest BCUT2D eigenvalue weighted by Gasteiger charge is -2.32. The molecule has 0 aliphatic heterocycles. The monoisotopic (exact) mass is 338 g/mol. The molecule has 0 spiro atoms. The highest BCUT2D eigenvalue weighted by atomic mass is 16.4. The van der Waals surface area contributed by atoms with Crippen molar-refractivity contribution < 1.29 is 19.8 Å². The molecule has 1 fully saturated rings. The van der Waals surface area contributed by atoms with Gasteiger partial charge < -0.3 is 10.2 Å². The Morgan fingerprint density at radius 3 is 2.08 bits per heavy atom. The molecule has 0 aromatic rings. The van der Waals surface area contributed by atoms with Gasteiger partial charge in [0, 0.05) is 0 Å². The highest BCUT2D eigenvalue weighted by Crippen LogP contribution is 2.36. The van der Waals surface area contributed by atoms with E-state index in [9.17, 15) is 19.8 Å². The zero-order chi connectivity index (χ0) is 18.2. The van der Waals surface area contributed by atoms with Gasteiger partial charge in [0.05, 0.1) is 0 Å². The van der Waals surface area contributed by atoms with E-state index in [0.717, 1.165) is 12.8 Å². The minimum atomic E-state index is -1.62. The fourth-order valence-electron chi connectivity index (χ4n) is 3.98. The SMILES string of the molecule is CCCCC(CCCC=CC1C(C)CCCC1C)(C(=O)O)C(=O)O. The van der Waals surface area contributed by atoms with Gasteiger partial charge in [0.15, 0.2) is 5.41 Å². The fourth-order valence-corrected chi connectivity index (χ4v) is 3.98. The summed E-state index contributed by atoms with van der Waals surface area (Å²) in [5.74, 6) is -0.384. The maximum Gasteiger partial charge on any atom is 0.321 e. The second-order valence-electron chi connectivity index (χ2n) is 7.58. The lowest BCUT2D eigenvalue weighted by molar-refractivity contribution is -0.166. The van der Waals surface area contributed by atoms with E-state index in [1.165, 1.54) is 19.3 Å². The molecule has 0 bridgehead atoms. The van der Waals surface area contributed by atoms with Crippen LogP contribution < -0.4 is 0 Å². The van der Waals surface area contributed by atoms with Gasteiger partial charge in [-0.2, -0.15) is 0 Å². The summed E-state index contributed by atoms with van der Waals surface area (Å²) < 4.78 is 0. The van der Waals surface area contributed by atoms with Crippen LogP contribution in [-0.2, 0) is 9.59 Å². The molecule has 0 heterocycles. The van der Waals surface area contributed by atoms with Crippen LogP contribution in [0.2, 0.25) is 0 Å². The smallest absolute Gasteiger partial charge is 0.321 e. The maximum atomic E-state index is 11.6. The molecule has 24 heavy (non-hydrogen) atoms. The van der Waals surface area contributed by atoms with Gasteiger partial charge >= 0.3 is 11.9 Å². The lowest BCUT2D eigenvalue weighted by atomic mass is 9.73. The number of unbranched alkanes of at least 4 members (excludes halogenated alkanes) is 2. The largest absolute Gasteiger partial charge is 0.480 e. The van der Waals surface area contributed by atoms with Gasteiger partial charge in [0.25, 0.3) is 0 Å². The third kappa shape index (κ3) is 5.35. The number of carboxylic acids is 2. The predicted octanol–water partition coefficient (Wildman–Crippen LogP) is 5.13. The summed E-state index contributed by atoms with van der Waals surface area (Å²) in [7, 11) is 0. The summed E-state index contributed by atoms with van der Waals surface area (Å²) in [5, 5.41) is 18.9. The van der Waals surface area contributed by atoms with E-state index in [4.69, 9.17) is 0 Å². The van der Waals surface area contributed by atoms with E-state index in [0.29, 0.717) is 30.6 Å². The number of carboxylic acid groups (broad SMARTS) is 2. The molecule has 138 valence electrons. The molecular formula is C20H34O4. The Morgan fingerprint density at radius 1 is 1.04 bits per heavy atom. The van der Waals surface area contributed by atoms with E-state index in [1.54, 1.807) is 0 Å². The third-order valence-corrected chi connectivity index (χ3v) is 5.74. The zero-order valence-electron chi connectivity index (χ0n) is 15.5. The van der Waals surface area contributed by atoms with E-state index < -0.39 is 17.4 Å². The van der Waals surface area contributed by atoms with Crippen molar-refractivity contribution >= 4 is 11.9 Å². The standard InChI is InChI=1S/C20H34O4/c1-4-5-13-20(18(21)22,19(23)24)14-8-6-7-12-17-15(2)10-9-11-16(17)3/h7,12,15-17H,4-6,8-11,13-14H2,1-3H3,(H,21,22)(H,23,24). The van der Waals surface area contributed by atoms with Gasteiger partial charge in [-0.3, -0.25) is 9.59 Å². The Hall–Kier alpha value is -1.32. The summed E-state index contributed by atoms with van der Waals surface area (Å²) in [4.78, 5) is 23.1. The minimum absolute atomic E-state index is 0.206. The topological polar surface area (TPSA) is 74.6 Å². The van der Waals surface area contributed by atoms with Crippen molar-refractivity contribution in [1.82, 2.24) is 0 Å².